The van der Waals surface area contributed by atoms with Crippen molar-refractivity contribution in [2.75, 3.05) is 13.1 Å². The molecule has 0 unspecified atom stereocenters. The number of carbonyl (C=O) groups is 1. The Kier molecular flexibility index (Phi) is 8.47. The molecule has 182 valence electrons. The van der Waals surface area contributed by atoms with Gasteiger partial charge in [-0.15, -0.1) is 0 Å². The molecular formula is C27H29ClN4O3. The van der Waals surface area contributed by atoms with Crippen LogP contribution in [0.15, 0.2) is 78.9 Å². The molecule has 8 heteroatoms. The molecule has 3 aromatic rings. The standard InChI is InChI=1S/C27H29ClN4O3/c28-25-9-5-4-8-22(25)18-31-19-23(30-17-21-6-2-1-3-7-21)16-26(31)27(33)29-15-14-20-10-12-24(13-11-20)32(34)35/h1-13,23,26,30H,14-19H2,(H,29,33)/t23-,26-/m0/s1. The summed E-state index contributed by atoms with van der Waals surface area (Å²) in [5, 5.41) is 18.2. The third kappa shape index (κ3) is 6.88. The molecule has 0 spiro atoms. The highest BCUT2D eigenvalue weighted by molar-refractivity contribution is 6.31. The van der Waals surface area contributed by atoms with Gasteiger partial charge >= 0.3 is 0 Å². The molecule has 0 radical (unpaired) electrons. The fourth-order valence-corrected chi connectivity index (χ4v) is 4.63. The molecule has 0 saturated carbocycles. The summed E-state index contributed by atoms with van der Waals surface area (Å²) in [5.41, 5.74) is 3.22. The Balaban J connectivity index is 1.37. The van der Waals surface area contributed by atoms with Gasteiger partial charge in [0, 0.05) is 49.4 Å². The molecular weight excluding hydrogens is 464 g/mol. The summed E-state index contributed by atoms with van der Waals surface area (Å²) in [6.45, 7) is 2.57. The number of hydrogen-bond acceptors (Lipinski definition) is 5. The Labute approximate surface area is 210 Å². The number of amides is 1. The van der Waals surface area contributed by atoms with Gasteiger partial charge in [0.25, 0.3) is 5.69 Å². The summed E-state index contributed by atoms with van der Waals surface area (Å²) < 4.78 is 0. The minimum absolute atomic E-state index is 0.0111. The van der Waals surface area contributed by atoms with Gasteiger partial charge in [0.05, 0.1) is 11.0 Å². The first kappa shape index (κ1) is 24.9. The normalized spacial score (nSPS) is 17.9. The van der Waals surface area contributed by atoms with Gasteiger partial charge < -0.3 is 10.6 Å². The Hall–Kier alpha value is -3.26. The van der Waals surface area contributed by atoms with Crippen molar-refractivity contribution < 1.29 is 9.72 Å². The third-order valence-corrected chi connectivity index (χ3v) is 6.70. The Morgan fingerprint density at radius 1 is 1.00 bits per heavy atom. The van der Waals surface area contributed by atoms with Gasteiger partial charge in [-0.3, -0.25) is 19.8 Å². The van der Waals surface area contributed by atoms with Crippen molar-refractivity contribution in [1.29, 1.82) is 0 Å². The van der Waals surface area contributed by atoms with Crippen molar-refractivity contribution in [3.05, 3.63) is 111 Å². The van der Waals surface area contributed by atoms with Gasteiger partial charge in [-0.1, -0.05) is 72.3 Å². The molecule has 0 aromatic heterocycles. The van der Waals surface area contributed by atoms with Crippen LogP contribution in [0, 0.1) is 10.1 Å². The van der Waals surface area contributed by atoms with E-state index in [2.05, 4.69) is 27.7 Å². The number of benzene rings is 3. The molecule has 35 heavy (non-hydrogen) atoms. The van der Waals surface area contributed by atoms with Gasteiger partial charge in [-0.05, 0) is 35.6 Å². The van der Waals surface area contributed by atoms with Crippen molar-refractivity contribution in [3.8, 4) is 0 Å². The van der Waals surface area contributed by atoms with Crippen LogP contribution in [0.25, 0.3) is 0 Å². The minimum Gasteiger partial charge on any atom is -0.354 e. The molecule has 3 aromatic carbocycles. The van der Waals surface area contributed by atoms with E-state index in [0.29, 0.717) is 31.0 Å². The SMILES string of the molecule is O=C(NCCc1ccc([N+](=O)[O-])cc1)[C@@H]1C[C@H](NCc2ccccc2)CN1Cc1ccccc1Cl. The molecule has 2 atom stereocenters. The summed E-state index contributed by atoms with van der Waals surface area (Å²) in [5.74, 6) is -0.0111. The average molecular weight is 493 g/mol. The topological polar surface area (TPSA) is 87.5 Å². The van der Waals surface area contributed by atoms with E-state index >= 15 is 0 Å². The van der Waals surface area contributed by atoms with Crippen molar-refractivity contribution in [3.63, 3.8) is 0 Å². The maximum atomic E-state index is 13.2. The Morgan fingerprint density at radius 3 is 2.43 bits per heavy atom. The highest BCUT2D eigenvalue weighted by Crippen LogP contribution is 2.24. The summed E-state index contributed by atoms with van der Waals surface area (Å²) in [6.07, 6.45) is 1.32. The summed E-state index contributed by atoms with van der Waals surface area (Å²) in [7, 11) is 0. The monoisotopic (exact) mass is 492 g/mol. The zero-order valence-electron chi connectivity index (χ0n) is 19.4. The molecule has 1 fully saturated rings. The van der Waals surface area contributed by atoms with Crippen molar-refractivity contribution >= 4 is 23.2 Å². The number of halogens is 1. The quantitative estimate of drug-likeness (QED) is 0.325. The second-order valence-electron chi connectivity index (χ2n) is 8.80. The number of nitro benzene ring substituents is 1. The van der Waals surface area contributed by atoms with Gasteiger partial charge in [0.15, 0.2) is 0 Å². The summed E-state index contributed by atoms with van der Waals surface area (Å²) in [6, 6.07) is 24.3. The molecule has 2 N–H and O–H groups in total. The van der Waals surface area contributed by atoms with Crippen LogP contribution in [0.4, 0.5) is 5.69 Å². The predicted molar refractivity (Wildman–Crippen MR) is 137 cm³/mol. The molecule has 1 saturated heterocycles. The zero-order valence-corrected chi connectivity index (χ0v) is 20.2. The second-order valence-corrected chi connectivity index (χ2v) is 9.21. The molecule has 0 bridgehead atoms. The van der Waals surface area contributed by atoms with Gasteiger partial charge in [0.2, 0.25) is 5.91 Å². The van der Waals surface area contributed by atoms with Crippen LogP contribution in [0.5, 0.6) is 0 Å². The lowest BCUT2D eigenvalue weighted by Gasteiger charge is -2.24. The number of nitrogens with zero attached hydrogens (tertiary/aromatic N) is 2. The van der Waals surface area contributed by atoms with Crippen LogP contribution in [-0.2, 0) is 24.3 Å². The number of nitro groups is 1. The van der Waals surface area contributed by atoms with Gasteiger partial charge in [-0.2, -0.15) is 0 Å². The number of rotatable bonds is 10. The van der Waals surface area contributed by atoms with Crippen LogP contribution in [0.1, 0.15) is 23.1 Å². The lowest BCUT2D eigenvalue weighted by molar-refractivity contribution is -0.384. The minimum atomic E-state index is -0.415. The molecule has 4 rings (SSSR count). The number of carbonyl (C=O) groups excluding carboxylic acids is 1. The predicted octanol–water partition coefficient (Wildman–Crippen LogP) is 4.34. The maximum Gasteiger partial charge on any atom is 0.269 e. The van der Waals surface area contributed by atoms with Crippen molar-refractivity contribution in [1.82, 2.24) is 15.5 Å². The van der Waals surface area contributed by atoms with E-state index in [0.717, 1.165) is 24.2 Å². The molecule has 0 aliphatic carbocycles. The first-order chi connectivity index (χ1) is 17.0. The number of nitrogens with one attached hydrogen (secondary N) is 2. The fraction of sp³-hybridized carbons (Fsp3) is 0.296. The van der Waals surface area contributed by atoms with Gasteiger partial charge in [0.1, 0.15) is 0 Å². The molecule has 1 aliphatic rings. The molecule has 1 heterocycles. The highest BCUT2D eigenvalue weighted by Gasteiger charge is 2.36. The molecule has 7 nitrogen and oxygen atoms in total. The summed E-state index contributed by atoms with van der Waals surface area (Å²) in [4.78, 5) is 25.8. The van der Waals surface area contributed by atoms with E-state index in [4.69, 9.17) is 11.6 Å². The lowest BCUT2D eigenvalue weighted by atomic mass is 10.1. The van der Waals surface area contributed by atoms with E-state index in [9.17, 15) is 14.9 Å². The van der Waals surface area contributed by atoms with Crippen LogP contribution >= 0.6 is 11.6 Å². The molecule has 1 amide bonds. The van der Waals surface area contributed by atoms with E-state index in [1.54, 1.807) is 12.1 Å². The van der Waals surface area contributed by atoms with Gasteiger partial charge in [-0.25, -0.2) is 0 Å². The van der Waals surface area contributed by atoms with E-state index in [1.165, 1.54) is 17.7 Å². The first-order valence-corrected chi connectivity index (χ1v) is 12.1. The van der Waals surface area contributed by atoms with Crippen LogP contribution in [-0.4, -0.2) is 40.9 Å². The maximum absolute atomic E-state index is 13.2. The highest BCUT2D eigenvalue weighted by atomic mass is 35.5. The van der Waals surface area contributed by atoms with E-state index < -0.39 is 4.92 Å². The van der Waals surface area contributed by atoms with Crippen molar-refractivity contribution in [2.45, 2.75) is 38.0 Å². The van der Waals surface area contributed by atoms with E-state index in [1.807, 2.05) is 42.5 Å². The van der Waals surface area contributed by atoms with Crippen molar-refractivity contribution in [2.24, 2.45) is 0 Å². The largest absolute Gasteiger partial charge is 0.354 e. The summed E-state index contributed by atoms with van der Waals surface area (Å²) >= 11 is 6.40. The first-order valence-electron chi connectivity index (χ1n) is 11.8. The van der Waals surface area contributed by atoms with Crippen LogP contribution in [0.2, 0.25) is 5.02 Å². The lowest BCUT2D eigenvalue weighted by Crippen LogP contribution is -2.43. The average Bonchev–Trinajstić information content (AvgIpc) is 3.28. The molecule has 1 aliphatic heterocycles. The Bertz CT molecular complexity index is 1140. The van der Waals surface area contributed by atoms with Crippen LogP contribution < -0.4 is 10.6 Å². The smallest absolute Gasteiger partial charge is 0.269 e. The third-order valence-electron chi connectivity index (χ3n) is 6.34. The zero-order chi connectivity index (χ0) is 24.6. The second kappa shape index (κ2) is 11.9. The van der Waals surface area contributed by atoms with E-state index in [-0.39, 0.29) is 23.7 Å². The number of non-ortho nitro benzene ring substituents is 1. The number of hydrogen-bond donors (Lipinski definition) is 2. The fourth-order valence-electron chi connectivity index (χ4n) is 4.43. The van der Waals surface area contributed by atoms with Crippen LogP contribution in [0.3, 0.4) is 0 Å². The Morgan fingerprint density at radius 2 is 1.71 bits per heavy atom. The number of likely N-dealkylation sites (tertiary alicyclic amines) is 1.